The molecule has 0 amide bonds. The van der Waals surface area contributed by atoms with E-state index in [1.165, 1.54) is 11.1 Å². The third kappa shape index (κ3) is 0.881. The number of nitrogens with one attached hydrogen (secondary N) is 1. The highest BCUT2D eigenvalue weighted by Gasteiger charge is 2.22. The van der Waals surface area contributed by atoms with Gasteiger partial charge in [0.2, 0.25) is 0 Å². The molecule has 0 saturated heterocycles. The van der Waals surface area contributed by atoms with Crippen molar-refractivity contribution in [1.82, 2.24) is 0 Å². The monoisotopic (exact) mass is 145 g/mol. The quantitative estimate of drug-likeness (QED) is 0.579. The number of rotatable bonds is 0. The van der Waals surface area contributed by atoms with Crippen LogP contribution in [0.15, 0.2) is 24.3 Å². The molecule has 0 heterocycles. The Bertz CT molecular complexity index is 301. The van der Waals surface area contributed by atoms with Crippen molar-refractivity contribution in [3.63, 3.8) is 0 Å². The summed E-state index contributed by atoms with van der Waals surface area (Å²) in [5.41, 5.74) is 3.54. The second-order valence-corrected chi connectivity index (χ2v) is 3.12. The van der Waals surface area contributed by atoms with E-state index in [2.05, 4.69) is 19.1 Å². The first-order chi connectivity index (χ1) is 5.29. The van der Waals surface area contributed by atoms with Crippen LogP contribution in [0.3, 0.4) is 0 Å². The van der Waals surface area contributed by atoms with Gasteiger partial charge in [-0.05, 0) is 11.1 Å². The highest BCUT2D eigenvalue weighted by atomic mass is 14.5. The second-order valence-electron chi connectivity index (χ2n) is 3.12. The first-order valence-electron chi connectivity index (χ1n) is 3.94. The van der Waals surface area contributed by atoms with Gasteiger partial charge in [0.05, 0.1) is 0 Å². The standard InChI is InChI=1S/C10H11N/c1-7-9-5-3-2-4-8(9)6-10(7)11/h2-5,7,11H,6H2,1H3. The topological polar surface area (TPSA) is 23.9 Å². The van der Waals surface area contributed by atoms with Gasteiger partial charge in [0, 0.05) is 18.1 Å². The fourth-order valence-electron chi connectivity index (χ4n) is 1.66. The highest BCUT2D eigenvalue weighted by molar-refractivity contribution is 5.94. The zero-order valence-electron chi connectivity index (χ0n) is 6.59. The Labute approximate surface area is 66.6 Å². The molecule has 2 rings (SSSR count). The molecule has 1 heteroatoms. The maximum absolute atomic E-state index is 7.64. The van der Waals surface area contributed by atoms with E-state index in [0.717, 1.165) is 12.1 Å². The molecule has 0 bridgehead atoms. The van der Waals surface area contributed by atoms with Crippen molar-refractivity contribution in [3.8, 4) is 0 Å². The van der Waals surface area contributed by atoms with Crippen LogP contribution < -0.4 is 0 Å². The van der Waals surface area contributed by atoms with Crippen molar-refractivity contribution in [2.24, 2.45) is 0 Å². The van der Waals surface area contributed by atoms with Crippen LogP contribution in [0.4, 0.5) is 0 Å². The van der Waals surface area contributed by atoms with Crippen LogP contribution in [-0.4, -0.2) is 5.71 Å². The SMILES string of the molecule is CC1C(=N)Cc2ccccc21. The van der Waals surface area contributed by atoms with Crippen LogP contribution in [0, 0.1) is 5.41 Å². The molecule has 0 saturated carbocycles. The van der Waals surface area contributed by atoms with E-state index in [1.807, 2.05) is 12.1 Å². The summed E-state index contributed by atoms with van der Waals surface area (Å²) in [6.45, 7) is 2.11. The van der Waals surface area contributed by atoms with Gasteiger partial charge in [-0.2, -0.15) is 0 Å². The van der Waals surface area contributed by atoms with Gasteiger partial charge in [-0.3, -0.25) is 0 Å². The Morgan fingerprint density at radius 3 is 2.82 bits per heavy atom. The fraction of sp³-hybridized carbons (Fsp3) is 0.300. The van der Waals surface area contributed by atoms with Crippen LogP contribution in [0.25, 0.3) is 0 Å². The molecule has 1 nitrogen and oxygen atoms in total. The van der Waals surface area contributed by atoms with E-state index in [1.54, 1.807) is 0 Å². The molecule has 0 aromatic heterocycles. The summed E-state index contributed by atoms with van der Waals surface area (Å²) in [4.78, 5) is 0. The van der Waals surface area contributed by atoms with Crippen LogP contribution in [-0.2, 0) is 6.42 Å². The first kappa shape index (κ1) is 6.59. The van der Waals surface area contributed by atoms with E-state index >= 15 is 0 Å². The summed E-state index contributed by atoms with van der Waals surface area (Å²) >= 11 is 0. The molecule has 11 heavy (non-hydrogen) atoms. The Morgan fingerprint density at radius 2 is 2.09 bits per heavy atom. The average Bonchev–Trinajstić information content (AvgIpc) is 2.30. The van der Waals surface area contributed by atoms with E-state index in [9.17, 15) is 0 Å². The maximum Gasteiger partial charge on any atom is 0.0205 e. The fourth-order valence-corrected chi connectivity index (χ4v) is 1.66. The predicted octanol–water partition coefficient (Wildman–Crippen LogP) is 2.37. The van der Waals surface area contributed by atoms with Crippen LogP contribution in [0.5, 0.6) is 0 Å². The predicted molar refractivity (Wildman–Crippen MR) is 46.3 cm³/mol. The zero-order valence-corrected chi connectivity index (χ0v) is 6.59. The number of hydrogen-bond donors (Lipinski definition) is 1. The Kier molecular flexibility index (Phi) is 1.31. The Morgan fingerprint density at radius 1 is 1.36 bits per heavy atom. The van der Waals surface area contributed by atoms with Crippen molar-refractivity contribution >= 4 is 5.71 Å². The summed E-state index contributed by atoms with van der Waals surface area (Å²) in [6, 6.07) is 8.34. The summed E-state index contributed by atoms with van der Waals surface area (Å²) in [7, 11) is 0. The smallest absolute Gasteiger partial charge is 0.0205 e. The van der Waals surface area contributed by atoms with Crippen molar-refractivity contribution in [1.29, 1.82) is 5.41 Å². The van der Waals surface area contributed by atoms with Crippen molar-refractivity contribution < 1.29 is 0 Å². The molecular formula is C10H11N. The summed E-state index contributed by atoms with van der Waals surface area (Å²) in [5, 5.41) is 7.64. The molecule has 1 unspecified atom stereocenters. The normalized spacial score (nSPS) is 21.9. The third-order valence-electron chi connectivity index (χ3n) is 2.43. The van der Waals surface area contributed by atoms with Crippen LogP contribution >= 0.6 is 0 Å². The Balaban J connectivity index is 2.55. The largest absolute Gasteiger partial charge is 0.309 e. The third-order valence-corrected chi connectivity index (χ3v) is 2.43. The van der Waals surface area contributed by atoms with Gasteiger partial charge in [-0.1, -0.05) is 31.2 Å². The van der Waals surface area contributed by atoms with Gasteiger partial charge in [0.25, 0.3) is 0 Å². The van der Waals surface area contributed by atoms with Crippen LogP contribution in [0.2, 0.25) is 0 Å². The molecule has 1 aromatic rings. The van der Waals surface area contributed by atoms with Gasteiger partial charge < -0.3 is 5.41 Å². The van der Waals surface area contributed by atoms with E-state index < -0.39 is 0 Å². The minimum atomic E-state index is 0.353. The molecule has 56 valence electrons. The van der Waals surface area contributed by atoms with E-state index in [-0.39, 0.29) is 0 Å². The van der Waals surface area contributed by atoms with Crippen molar-refractivity contribution in [3.05, 3.63) is 35.4 Å². The minimum absolute atomic E-state index is 0.353. The lowest BCUT2D eigenvalue weighted by molar-refractivity contribution is 1.03. The van der Waals surface area contributed by atoms with Gasteiger partial charge in [0.1, 0.15) is 0 Å². The van der Waals surface area contributed by atoms with Gasteiger partial charge in [0.15, 0.2) is 0 Å². The molecule has 1 atom stereocenters. The lowest BCUT2D eigenvalue weighted by Gasteiger charge is -2.01. The highest BCUT2D eigenvalue weighted by Crippen LogP contribution is 2.29. The minimum Gasteiger partial charge on any atom is -0.309 e. The van der Waals surface area contributed by atoms with Gasteiger partial charge in [-0.15, -0.1) is 0 Å². The lowest BCUT2D eigenvalue weighted by atomic mass is 10.0. The van der Waals surface area contributed by atoms with Gasteiger partial charge >= 0.3 is 0 Å². The summed E-state index contributed by atoms with van der Waals surface area (Å²) < 4.78 is 0. The van der Waals surface area contributed by atoms with Crippen molar-refractivity contribution in [2.45, 2.75) is 19.3 Å². The number of fused-ring (bicyclic) bond motifs is 1. The molecule has 1 aliphatic carbocycles. The van der Waals surface area contributed by atoms with Crippen LogP contribution in [0.1, 0.15) is 24.0 Å². The average molecular weight is 145 g/mol. The zero-order chi connectivity index (χ0) is 7.84. The summed E-state index contributed by atoms with van der Waals surface area (Å²) in [5.74, 6) is 0.353. The van der Waals surface area contributed by atoms with Gasteiger partial charge in [-0.25, -0.2) is 0 Å². The Hall–Kier alpha value is -1.11. The number of benzene rings is 1. The second kappa shape index (κ2) is 2.19. The maximum atomic E-state index is 7.64. The molecule has 1 aliphatic rings. The molecule has 1 N–H and O–H groups in total. The number of hydrogen-bond acceptors (Lipinski definition) is 1. The molecular weight excluding hydrogens is 134 g/mol. The van der Waals surface area contributed by atoms with E-state index in [4.69, 9.17) is 5.41 Å². The molecule has 0 spiro atoms. The molecule has 0 fully saturated rings. The van der Waals surface area contributed by atoms with Crippen molar-refractivity contribution in [2.75, 3.05) is 0 Å². The lowest BCUT2D eigenvalue weighted by Crippen LogP contribution is -1.98. The molecule has 1 aromatic carbocycles. The molecule has 0 radical (unpaired) electrons. The summed E-state index contributed by atoms with van der Waals surface area (Å²) in [6.07, 6.45) is 0.858. The van der Waals surface area contributed by atoms with E-state index in [0.29, 0.717) is 5.92 Å². The molecule has 0 aliphatic heterocycles. The first-order valence-corrected chi connectivity index (χ1v) is 3.94.